The number of nitrogens with one attached hydrogen (secondary N) is 1. The number of rotatable bonds is 6. The lowest BCUT2D eigenvalue weighted by Gasteiger charge is -2.11. The lowest BCUT2D eigenvalue weighted by molar-refractivity contribution is 0.0914. The van der Waals surface area contributed by atoms with E-state index in [-0.39, 0.29) is 12.5 Å². The van der Waals surface area contributed by atoms with Gasteiger partial charge in [0, 0.05) is 28.6 Å². The number of pyridine rings is 1. The number of nitrogens with zero attached hydrogens (tertiary/aromatic N) is 1. The van der Waals surface area contributed by atoms with Crippen LogP contribution in [0, 0.1) is 0 Å². The van der Waals surface area contributed by atoms with E-state index in [4.69, 9.17) is 4.42 Å². The lowest BCUT2D eigenvalue weighted by atomic mass is 10.2. The van der Waals surface area contributed by atoms with E-state index in [0.717, 1.165) is 16.2 Å². The van der Waals surface area contributed by atoms with Crippen LogP contribution in [-0.4, -0.2) is 28.8 Å². The van der Waals surface area contributed by atoms with Crippen LogP contribution < -0.4 is 5.32 Å². The largest absolute Gasteiger partial charge is 0.464 e. The molecule has 0 bridgehead atoms. The minimum absolute atomic E-state index is 0.139. The van der Waals surface area contributed by atoms with E-state index in [9.17, 15) is 9.90 Å². The summed E-state index contributed by atoms with van der Waals surface area (Å²) in [4.78, 5) is 17.2. The average molecular weight is 360 g/mol. The number of aliphatic hydroxyl groups is 1. The summed E-state index contributed by atoms with van der Waals surface area (Å²) in [7, 11) is 0. The molecule has 3 rings (SSSR count). The molecular weight excluding hydrogens is 344 g/mol. The van der Waals surface area contributed by atoms with E-state index in [1.54, 1.807) is 24.6 Å². The molecule has 2 N–H and O–H groups in total. The molecule has 1 unspecified atom stereocenters. The molecular formula is C17H16N2O3S2. The van der Waals surface area contributed by atoms with Gasteiger partial charge in [-0.2, -0.15) is 0 Å². The highest BCUT2D eigenvalue weighted by Gasteiger charge is 2.16. The molecule has 5 nitrogen and oxygen atoms in total. The Morgan fingerprint density at radius 3 is 3.08 bits per heavy atom. The highest BCUT2D eigenvalue weighted by Crippen LogP contribution is 2.29. The van der Waals surface area contributed by atoms with Gasteiger partial charge < -0.3 is 14.8 Å². The Bertz CT molecular complexity index is 815. The molecule has 0 saturated heterocycles. The van der Waals surface area contributed by atoms with E-state index >= 15 is 0 Å². The number of hydrogen-bond donors (Lipinski definition) is 2. The highest BCUT2D eigenvalue weighted by molar-refractivity contribution is 7.98. The van der Waals surface area contributed by atoms with Crippen molar-refractivity contribution in [3.8, 4) is 11.3 Å². The van der Waals surface area contributed by atoms with Crippen LogP contribution >= 0.6 is 23.1 Å². The first-order valence-corrected chi connectivity index (χ1v) is 9.37. The maximum Gasteiger partial charge on any atom is 0.254 e. The van der Waals surface area contributed by atoms with Crippen LogP contribution in [0.25, 0.3) is 11.3 Å². The fourth-order valence-electron chi connectivity index (χ4n) is 2.21. The Hall–Kier alpha value is -2.09. The molecule has 3 aromatic heterocycles. The quantitative estimate of drug-likeness (QED) is 0.657. The van der Waals surface area contributed by atoms with E-state index in [1.165, 1.54) is 23.1 Å². The Balaban J connectivity index is 1.63. The molecule has 0 saturated carbocycles. The monoisotopic (exact) mass is 360 g/mol. The number of carbonyl (C=O) groups is 1. The first-order chi connectivity index (χ1) is 11.7. The summed E-state index contributed by atoms with van der Waals surface area (Å²) in [6.45, 7) is 0.139. The maximum atomic E-state index is 12.3. The van der Waals surface area contributed by atoms with Crippen molar-refractivity contribution in [1.29, 1.82) is 0 Å². The first-order valence-electron chi connectivity index (χ1n) is 7.26. The van der Waals surface area contributed by atoms with Crippen LogP contribution in [0.5, 0.6) is 0 Å². The van der Waals surface area contributed by atoms with Gasteiger partial charge >= 0.3 is 0 Å². The predicted octanol–water partition coefficient (Wildman–Crippen LogP) is 3.59. The van der Waals surface area contributed by atoms with Gasteiger partial charge in [0.05, 0.1) is 11.8 Å². The Morgan fingerprint density at radius 1 is 1.46 bits per heavy atom. The van der Waals surface area contributed by atoms with E-state index in [0.29, 0.717) is 10.6 Å². The number of amides is 1. The second kappa shape index (κ2) is 7.65. The van der Waals surface area contributed by atoms with Crippen LogP contribution in [0.15, 0.2) is 57.6 Å². The zero-order valence-electron chi connectivity index (χ0n) is 12.9. The second-order valence-electron chi connectivity index (χ2n) is 5.00. The molecule has 24 heavy (non-hydrogen) atoms. The predicted molar refractivity (Wildman–Crippen MR) is 95.3 cm³/mol. The minimum atomic E-state index is -0.767. The van der Waals surface area contributed by atoms with E-state index in [2.05, 4.69) is 10.3 Å². The SMILES string of the molecule is CSc1ncccc1C(=O)NCC(O)c1cc(-c2ccco2)cs1. The van der Waals surface area contributed by atoms with Crippen molar-refractivity contribution in [3.63, 3.8) is 0 Å². The number of furan rings is 1. The van der Waals surface area contributed by atoms with Gasteiger partial charge in [0.25, 0.3) is 5.91 Å². The summed E-state index contributed by atoms with van der Waals surface area (Å²) in [5, 5.41) is 15.6. The Kier molecular flexibility index (Phi) is 5.34. The van der Waals surface area contributed by atoms with Crippen molar-refractivity contribution in [2.75, 3.05) is 12.8 Å². The summed E-state index contributed by atoms with van der Waals surface area (Å²) in [5.74, 6) is 0.517. The molecule has 1 amide bonds. The zero-order chi connectivity index (χ0) is 16.9. The van der Waals surface area contributed by atoms with Gasteiger partial charge in [-0.25, -0.2) is 4.98 Å². The van der Waals surface area contributed by atoms with Gasteiger partial charge in [-0.1, -0.05) is 0 Å². The first kappa shape index (κ1) is 16.8. The van der Waals surface area contributed by atoms with E-state index < -0.39 is 6.10 Å². The molecule has 0 aromatic carbocycles. The van der Waals surface area contributed by atoms with Gasteiger partial charge in [0.2, 0.25) is 0 Å². The van der Waals surface area contributed by atoms with Crippen molar-refractivity contribution < 1.29 is 14.3 Å². The molecule has 0 spiro atoms. The van der Waals surface area contributed by atoms with Crippen LogP contribution in [0.1, 0.15) is 21.3 Å². The molecule has 0 aliphatic heterocycles. The molecule has 3 aromatic rings. The summed E-state index contributed by atoms with van der Waals surface area (Å²) < 4.78 is 5.34. The fraction of sp³-hybridized carbons (Fsp3) is 0.176. The molecule has 0 aliphatic rings. The van der Waals surface area contributed by atoms with Crippen molar-refractivity contribution in [3.05, 3.63) is 58.6 Å². The van der Waals surface area contributed by atoms with Crippen molar-refractivity contribution in [2.24, 2.45) is 0 Å². The summed E-state index contributed by atoms with van der Waals surface area (Å²) in [6.07, 6.45) is 4.37. The summed E-state index contributed by atoms with van der Waals surface area (Å²) >= 11 is 2.85. The second-order valence-corrected chi connectivity index (χ2v) is 6.74. The molecule has 0 radical (unpaired) electrons. The molecule has 7 heteroatoms. The third-order valence-corrected chi connectivity index (χ3v) is 5.16. The average Bonchev–Trinajstić information content (AvgIpc) is 3.30. The molecule has 0 fully saturated rings. The topological polar surface area (TPSA) is 75.4 Å². The molecule has 0 aliphatic carbocycles. The maximum absolute atomic E-state index is 12.3. The number of hydrogen-bond acceptors (Lipinski definition) is 6. The summed E-state index contributed by atoms with van der Waals surface area (Å²) in [5.41, 5.74) is 1.43. The van der Waals surface area contributed by atoms with Gasteiger partial charge in [-0.3, -0.25) is 4.79 Å². The van der Waals surface area contributed by atoms with Crippen LogP contribution in [0.3, 0.4) is 0 Å². The van der Waals surface area contributed by atoms with Gasteiger partial charge in [0.1, 0.15) is 16.9 Å². The highest BCUT2D eigenvalue weighted by atomic mass is 32.2. The normalized spacial score (nSPS) is 12.1. The zero-order valence-corrected chi connectivity index (χ0v) is 14.6. The Labute approximate surface area is 147 Å². The number of aliphatic hydroxyl groups excluding tert-OH is 1. The van der Waals surface area contributed by atoms with Gasteiger partial charge in [-0.15, -0.1) is 23.1 Å². The lowest BCUT2D eigenvalue weighted by Crippen LogP contribution is -2.28. The van der Waals surface area contributed by atoms with Crippen molar-refractivity contribution >= 4 is 29.0 Å². The Morgan fingerprint density at radius 2 is 2.33 bits per heavy atom. The summed E-state index contributed by atoms with van der Waals surface area (Å²) in [6, 6.07) is 9.01. The van der Waals surface area contributed by atoms with Crippen molar-refractivity contribution in [2.45, 2.75) is 11.1 Å². The fourth-order valence-corrected chi connectivity index (χ4v) is 3.64. The molecule has 3 heterocycles. The van der Waals surface area contributed by atoms with E-state index in [1.807, 2.05) is 29.8 Å². The van der Waals surface area contributed by atoms with Gasteiger partial charge in [0.15, 0.2) is 0 Å². The van der Waals surface area contributed by atoms with Crippen LogP contribution in [-0.2, 0) is 0 Å². The smallest absolute Gasteiger partial charge is 0.254 e. The standard InChI is InChI=1S/C17H16N2O3S2/c1-23-17-12(4-2-6-18-17)16(21)19-9-13(20)15-8-11(10-24-15)14-5-3-7-22-14/h2-8,10,13,20H,9H2,1H3,(H,19,21). The van der Waals surface area contributed by atoms with Crippen LogP contribution in [0.2, 0.25) is 0 Å². The van der Waals surface area contributed by atoms with Gasteiger partial charge in [-0.05, 0) is 36.6 Å². The molecule has 1 atom stereocenters. The van der Waals surface area contributed by atoms with Crippen molar-refractivity contribution in [1.82, 2.24) is 10.3 Å². The number of thiophene rings is 1. The number of carbonyl (C=O) groups excluding carboxylic acids is 1. The third kappa shape index (κ3) is 3.69. The molecule has 124 valence electrons. The number of aromatic nitrogens is 1. The third-order valence-electron chi connectivity index (χ3n) is 3.42. The number of thioether (sulfide) groups is 1. The van der Waals surface area contributed by atoms with Crippen LogP contribution in [0.4, 0.5) is 0 Å². The minimum Gasteiger partial charge on any atom is -0.464 e.